The minimum atomic E-state index is -2.33. The number of anilines is 1. The molecule has 3 rings (SSSR count). The van der Waals surface area contributed by atoms with Gasteiger partial charge in [-0.2, -0.15) is 8.78 Å². The van der Waals surface area contributed by atoms with E-state index in [0.29, 0.717) is 31.4 Å². The van der Waals surface area contributed by atoms with E-state index < -0.39 is 40.8 Å². The smallest absolute Gasteiger partial charge is 0.355 e. The molecule has 1 aliphatic heterocycles. The first-order valence-corrected chi connectivity index (χ1v) is 7.74. The summed E-state index contributed by atoms with van der Waals surface area (Å²) >= 11 is 0.868. The number of esters is 1. The van der Waals surface area contributed by atoms with E-state index in [1.807, 2.05) is 4.90 Å². The number of carbonyl (C=O) groups excluding carboxylic acids is 1. The number of ether oxygens (including phenoxy) is 2. The maximum atomic E-state index is 13.5. The van der Waals surface area contributed by atoms with Crippen LogP contribution >= 0.6 is 11.3 Å². The Bertz CT molecular complexity index is 794. The number of thiazole rings is 1. The molecule has 1 fully saturated rings. The Labute approximate surface area is 141 Å². The lowest BCUT2D eigenvalue weighted by atomic mass is 10.2. The average Bonchev–Trinajstić information content (AvgIpc) is 3.13. The molecule has 134 valence electrons. The van der Waals surface area contributed by atoms with Gasteiger partial charge in [0.2, 0.25) is 34.8 Å². The molecule has 0 unspecified atom stereocenters. The van der Waals surface area contributed by atoms with Crippen LogP contribution < -0.4 is 9.64 Å². The van der Waals surface area contributed by atoms with Crippen LogP contribution in [0.4, 0.5) is 27.1 Å². The summed E-state index contributed by atoms with van der Waals surface area (Å²) in [7, 11) is 0. The van der Waals surface area contributed by atoms with E-state index in [4.69, 9.17) is 4.74 Å². The molecule has 0 bridgehead atoms. The van der Waals surface area contributed by atoms with Gasteiger partial charge in [-0.25, -0.2) is 22.9 Å². The second-order valence-corrected chi connectivity index (χ2v) is 5.90. The van der Waals surface area contributed by atoms with Crippen LogP contribution in [0.3, 0.4) is 0 Å². The predicted octanol–water partition coefficient (Wildman–Crippen LogP) is 2.89. The first-order chi connectivity index (χ1) is 11.9. The van der Waals surface area contributed by atoms with Crippen LogP contribution in [0, 0.1) is 29.1 Å². The van der Waals surface area contributed by atoms with E-state index >= 15 is 0 Å². The van der Waals surface area contributed by atoms with Crippen molar-refractivity contribution in [3.63, 3.8) is 0 Å². The molecular formula is C14H9F5N2O3S. The lowest BCUT2D eigenvalue weighted by molar-refractivity contribution is 0.0721. The van der Waals surface area contributed by atoms with Crippen LogP contribution in [0.15, 0.2) is 6.20 Å². The summed E-state index contributed by atoms with van der Waals surface area (Å²) in [6.07, 6.45) is 1.10. The van der Waals surface area contributed by atoms with Crippen molar-refractivity contribution in [3.05, 3.63) is 40.2 Å². The van der Waals surface area contributed by atoms with Gasteiger partial charge in [0.25, 0.3) is 0 Å². The second-order valence-electron chi connectivity index (χ2n) is 4.90. The maximum Gasteiger partial charge on any atom is 0.355 e. The third-order valence-corrected chi connectivity index (χ3v) is 4.38. The van der Waals surface area contributed by atoms with E-state index in [0.717, 1.165) is 17.5 Å². The second kappa shape index (κ2) is 6.92. The Morgan fingerprint density at radius 3 is 2.20 bits per heavy atom. The summed E-state index contributed by atoms with van der Waals surface area (Å²) < 4.78 is 75.8. The fraction of sp³-hybridized carbons (Fsp3) is 0.286. The van der Waals surface area contributed by atoms with Gasteiger partial charge in [0.05, 0.1) is 19.4 Å². The molecule has 1 aliphatic rings. The molecule has 0 spiro atoms. The quantitative estimate of drug-likeness (QED) is 0.270. The van der Waals surface area contributed by atoms with Gasteiger partial charge in [0.1, 0.15) is 4.88 Å². The van der Waals surface area contributed by atoms with Crippen molar-refractivity contribution in [3.8, 4) is 5.75 Å². The number of benzene rings is 1. The number of hydrogen-bond acceptors (Lipinski definition) is 6. The van der Waals surface area contributed by atoms with Crippen molar-refractivity contribution in [1.29, 1.82) is 0 Å². The molecule has 2 heterocycles. The largest absolute Gasteiger partial charge is 0.416 e. The van der Waals surface area contributed by atoms with Crippen molar-refractivity contribution in [2.45, 2.75) is 0 Å². The van der Waals surface area contributed by atoms with Crippen molar-refractivity contribution in [2.75, 3.05) is 31.2 Å². The van der Waals surface area contributed by atoms with Gasteiger partial charge in [0.15, 0.2) is 5.13 Å². The highest BCUT2D eigenvalue weighted by molar-refractivity contribution is 7.17. The van der Waals surface area contributed by atoms with Crippen LogP contribution in [-0.4, -0.2) is 37.3 Å². The Kier molecular flexibility index (Phi) is 4.86. The molecule has 0 aliphatic carbocycles. The van der Waals surface area contributed by atoms with Crippen LogP contribution in [0.5, 0.6) is 5.75 Å². The molecule has 2 aromatic rings. The summed E-state index contributed by atoms with van der Waals surface area (Å²) in [5.74, 6) is -14.1. The minimum absolute atomic E-state index is 0.148. The lowest BCUT2D eigenvalue weighted by Gasteiger charge is -2.25. The number of carbonyl (C=O) groups is 1. The topological polar surface area (TPSA) is 51.7 Å². The van der Waals surface area contributed by atoms with E-state index in [2.05, 4.69) is 9.72 Å². The summed E-state index contributed by atoms with van der Waals surface area (Å²) in [5, 5.41) is 0.452. The molecule has 11 heteroatoms. The molecule has 0 atom stereocenters. The van der Waals surface area contributed by atoms with E-state index in [-0.39, 0.29) is 4.88 Å². The number of morpholine rings is 1. The molecule has 5 nitrogen and oxygen atoms in total. The molecule has 0 saturated carbocycles. The first-order valence-electron chi connectivity index (χ1n) is 6.92. The van der Waals surface area contributed by atoms with E-state index in [1.165, 1.54) is 0 Å². The fourth-order valence-corrected chi connectivity index (χ4v) is 2.92. The number of aromatic nitrogens is 1. The Morgan fingerprint density at radius 2 is 1.60 bits per heavy atom. The number of nitrogens with zero attached hydrogens (tertiary/aromatic N) is 2. The summed E-state index contributed by atoms with van der Waals surface area (Å²) in [6.45, 7) is 2.03. The molecule has 25 heavy (non-hydrogen) atoms. The molecule has 0 N–H and O–H groups in total. The van der Waals surface area contributed by atoms with Crippen LogP contribution in [-0.2, 0) is 4.74 Å². The summed E-state index contributed by atoms with van der Waals surface area (Å²) in [4.78, 5) is 17.6. The zero-order valence-electron chi connectivity index (χ0n) is 12.3. The van der Waals surface area contributed by atoms with Crippen molar-refractivity contribution in [2.24, 2.45) is 0 Å². The first kappa shape index (κ1) is 17.5. The molecule has 0 amide bonds. The van der Waals surface area contributed by atoms with Gasteiger partial charge < -0.3 is 14.4 Å². The van der Waals surface area contributed by atoms with Crippen molar-refractivity contribution in [1.82, 2.24) is 4.98 Å². The molecular weight excluding hydrogens is 371 g/mol. The van der Waals surface area contributed by atoms with Gasteiger partial charge >= 0.3 is 5.97 Å². The van der Waals surface area contributed by atoms with E-state index in [1.54, 1.807) is 0 Å². The normalized spacial score (nSPS) is 14.7. The van der Waals surface area contributed by atoms with Gasteiger partial charge in [-0.1, -0.05) is 11.3 Å². The van der Waals surface area contributed by atoms with E-state index in [9.17, 15) is 26.7 Å². The molecule has 1 saturated heterocycles. The maximum absolute atomic E-state index is 13.5. The number of hydrogen-bond donors (Lipinski definition) is 0. The fourth-order valence-electron chi connectivity index (χ4n) is 2.08. The Balaban J connectivity index is 1.83. The van der Waals surface area contributed by atoms with Crippen LogP contribution in [0.1, 0.15) is 9.67 Å². The van der Waals surface area contributed by atoms with Gasteiger partial charge in [-0.15, -0.1) is 0 Å². The minimum Gasteiger partial charge on any atom is -0.416 e. The van der Waals surface area contributed by atoms with Crippen LogP contribution in [0.2, 0.25) is 0 Å². The Hall–Kier alpha value is -2.27. The third-order valence-electron chi connectivity index (χ3n) is 3.34. The number of halogens is 5. The van der Waals surface area contributed by atoms with Crippen LogP contribution in [0.25, 0.3) is 0 Å². The highest BCUT2D eigenvalue weighted by Crippen LogP contribution is 2.31. The monoisotopic (exact) mass is 380 g/mol. The highest BCUT2D eigenvalue weighted by atomic mass is 32.1. The molecule has 1 aromatic carbocycles. The van der Waals surface area contributed by atoms with Crippen molar-refractivity contribution < 1.29 is 36.2 Å². The predicted molar refractivity (Wildman–Crippen MR) is 76.3 cm³/mol. The third kappa shape index (κ3) is 3.29. The average molecular weight is 380 g/mol. The zero-order chi connectivity index (χ0) is 18.1. The zero-order valence-corrected chi connectivity index (χ0v) is 13.1. The Morgan fingerprint density at radius 1 is 1.04 bits per heavy atom. The number of rotatable bonds is 3. The standard InChI is InChI=1S/C14H9F5N2O3S/c15-7-8(16)10(18)12(11(19)9(7)17)24-13(22)6-5-20-14(25-6)21-1-3-23-4-2-21/h5H,1-4H2. The molecule has 1 aromatic heterocycles. The summed E-state index contributed by atoms with van der Waals surface area (Å²) in [5.41, 5.74) is 0. The molecule has 0 radical (unpaired) electrons. The SMILES string of the molecule is O=C(Oc1c(F)c(F)c(F)c(F)c1F)c1cnc(N2CCOCC2)s1. The van der Waals surface area contributed by atoms with Crippen molar-refractivity contribution >= 4 is 22.4 Å². The van der Waals surface area contributed by atoms with Gasteiger partial charge in [-0.05, 0) is 0 Å². The summed E-state index contributed by atoms with van der Waals surface area (Å²) in [6, 6.07) is 0. The van der Waals surface area contributed by atoms with Gasteiger partial charge in [-0.3, -0.25) is 0 Å². The lowest BCUT2D eigenvalue weighted by Crippen LogP contribution is -2.36. The van der Waals surface area contributed by atoms with Gasteiger partial charge in [0, 0.05) is 13.1 Å². The highest BCUT2D eigenvalue weighted by Gasteiger charge is 2.29.